The van der Waals surface area contributed by atoms with Crippen molar-refractivity contribution in [3.8, 4) is 5.75 Å². The number of ether oxygens (including phenoxy) is 2. The molecule has 0 aliphatic carbocycles. The second kappa shape index (κ2) is 6.94. The van der Waals surface area contributed by atoms with Crippen LogP contribution in [0.2, 0.25) is 10.0 Å². The van der Waals surface area contributed by atoms with Crippen LogP contribution in [0.3, 0.4) is 0 Å². The number of nitrogens with zero attached hydrogens (tertiary/aromatic N) is 3. The van der Waals surface area contributed by atoms with Gasteiger partial charge in [-0.2, -0.15) is 0 Å². The molecule has 2 aromatic carbocycles. The van der Waals surface area contributed by atoms with Gasteiger partial charge in [-0.25, -0.2) is 9.78 Å². The molecule has 2 heterocycles. The molecule has 1 aliphatic rings. The summed E-state index contributed by atoms with van der Waals surface area (Å²) >= 11 is 12.5. The van der Waals surface area contributed by atoms with Gasteiger partial charge in [0.1, 0.15) is 11.3 Å². The first-order valence-electron chi connectivity index (χ1n) is 8.43. The highest BCUT2D eigenvalue weighted by Gasteiger charge is 2.28. The summed E-state index contributed by atoms with van der Waals surface area (Å²) in [6.45, 7) is 1.48. The molecule has 0 fully saturated rings. The molecule has 140 valence electrons. The van der Waals surface area contributed by atoms with Gasteiger partial charge in [0.15, 0.2) is 0 Å². The Morgan fingerprint density at radius 2 is 1.96 bits per heavy atom. The van der Waals surface area contributed by atoms with E-state index in [1.165, 1.54) is 7.11 Å². The summed E-state index contributed by atoms with van der Waals surface area (Å²) in [6, 6.07) is 8.81. The summed E-state index contributed by atoms with van der Waals surface area (Å²) in [5, 5.41) is 1.12. The molecule has 0 unspecified atom stereocenters. The van der Waals surface area contributed by atoms with E-state index in [0.29, 0.717) is 38.3 Å². The summed E-state index contributed by atoms with van der Waals surface area (Å²) in [4.78, 5) is 19.1. The molecule has 0 N–H and O–H groups in total. The van der Waals surface area contributed by atoms with E-state index >= 15 is 0 Å². The molecule has 0 atom stereocenters. The maximum absolute atomic E-state index is 12.3. The number of carbonyl (C=O) groups excluding carboxylic acids is 1. The van der Waals surface area contributed by atoms with E-state index in [4.69, 9.17) is 37.7 Å². The van der Waals surface area contributed by atoms with Crippen LogP contribution in [0.1, 0.15) is 16.8 Å². The minimum absolute atomic E-state index is 0.410. The number of hydrogen-bond acceptors (Lipinski definition) is 5. The molecule has 3 aromatic rings. The molecule has 0 spiro atoms. The Hall–Kier alpha value is -2.44. The number of fused-ring (bicyclic) bond motifs is 3. The lowest BCUT2D eigenvalue weighted by Crippen LogP contribution is -2.28. The smallest absolute Gasteiger partial charge is 0.340 e. The van der Waals surface area contributed by atoms with E-state index in [9.17, 15) is 4.79 Å². The van der Waals surface area contributed by atoms with Gasteiger partial charge in [0.2, 0.25) is 5.95 Å². The first kappa shape index (κ1) is 17.9. The van der Waals surface area contributed by atoms with E-state index in [-0.39, 0.29) is 0 Å². The molecular weight excluding hydrogens is 389 g/mol. The number of carbonyl (C=O) groups is 1. The highest BCUT2D eigenvalue weighted by Crippen LogP contribution is 2.39. The van der Waals surface area contributed by atoms with Gasteiger partial charge in [0.05, 0.1) is 36.0 Å². The Balaban J connectivity index is 1.97. The standard InChI is InChI=1S/C19H17Cl2N3O3/c1-26-15-7-5-12(18(25)27-2)17-16(15)22-19-23(8-3-9-24(17)19)14-6-4-11(20)10-13(14)21/h4-7,10H,3,8-9H2,1-2H3. The number of imidazole rings is 1. The number of aromatic nitrogens is 2. The van der Waals surface area contributed by atoms with Crippen molar-refractivity contribution < 1.29 is 14.3 Å². The predicted molar refractivity (Wildman–Crippen MR) is 106 cm³/mol. The first-order valence-corrected chi connectivity index (χ1v) is 9.19. The number of methoxy groups -OCH3 is 2. The van der Waals surface area contributed by atoms with Gasteiger partial charge in [0.25, 0.3) is 0 Å². The van der Waals surface area contributed by atoms with Crippen LogP contribution < -0.4 is 9.64 Å². The van der Waals surface area contributed by atoms with Crippen molar-refractivity contribution in [2.24, 2.45) is 0 Å². The Morgan fingerprint density at radius 3 is 2.67 bits per heavy atom. The first-order chi connectivity index (χ1) is 13.0. The molecule has 6 nitrogen and oxygen atoms in total. The summed E-state index contributed by atoms with van der Waals surface area (Å²) in [5.74, 6) is 0.892. The summed E-state index contributed by atoms with van der Waals surface area (Å²) in [6.07, 6.45) is 0.870. The Morgan fingerprint density at radius 1 is 1.15 bits per heavy atom. The number of hydrogen-bond donors (Lipinski definition) is 0. The second-order valence-corrected chi connectivity index (χ2v) is 7.01. The molecule has 1 aromatic heterocycles. The molecule has 0 saturated carbocycles. The van der Waals surface area contributed by atoms with Crippen LogP contribution in [0.5, 0.6) is 5.75 Å². The molecule has 1 aliphatic heterocycles. The van der Waals surface area contributed by atoms with Crippen molar-refractivity contribution in [3.63, 3.8) is 0 Å². The van der Waals surface area contributed by atoms with Crippen LogP contribution in [-0.4, -0.2) is 36.3 Å². The molecule has 0 bridgehead atoms. The fraction of sp³-hybridized carbons (Fsp3) is 0.263. The number of halogens is 2. The Labute approximate surface area is 166 Å². The van der Waals surface area contributed by atoms with Crippen LogP contribution >= 0.6 is 23.2 Å². The molecule has 4 rings (SSSR count). The number of aryl methyl sites for hydroxylation is 1. The van der Waals surface area contributed by atoms with Gasteiger partial charge in [0, 0.05) is 18.1 Å². The van der Waals surface area contributed by atoms with Crippen LogP contribution in [0.15, 0.2) is 30.3 Å². The topological polar surface area (TPSA) is 56.6 Å². The fourth-order valence-corrected chi connectivity index (χ4v) is 3.99. The number of anilines is 2. The van der Waals surface area contributed by atoms with Crippen molar-refractivity contribution in [1.82, 2.24) is 9.55 Å². The fourth-order valence-electron chi connectivity index (χ4n) is 3.48. The van der Waals surface area contributed by atoms with Gasteiger partial charge in [-0.15, -0.1) is 0 Å². The van der Waals surface area contributed by atoms with Crippen LogP contribution in [0.25, 0.3) is 11.0 Å². The zero-order valence-corrected chi connectivity index (χ0v) is 16.3. The third-order valence-electron chi connectivity index (χ3n) is 4.67. The quantitative estimate of drug-likeness (QED) is 0.592. The normalized spacial score (nSPS) is 13.6. The zero-order valence-electron chi connectivity index (χ0n) is 14.8. The van der Waals surface area contributed by atoms with Gasteiger partial charge in [-0.3, -0.25) is 0 Å². The highest BCUT2D eigenvalue weighted by atomic mass is 35.5. The minimum atomic E-state index is -0.410. The van der Waals surface area contributed by atoms with E-state index < -0.39 is 5.97 Å². The van der Waals surface area contributed by atoms with Crippen molar-refractivity contribution in [2.75, 3.05) is 25.7 Å². The molecular formula is C19H17Cl2N3O3. The van der Waals surface area contributed by atoms with Crippen LogP contribution in [0, 0.1) is 0 Å². The van der Waals surface area contributed by atoms with Gasteiger partial charge in [-0.05, 0) is 36.8 Å². The van der Waals surface area contributed by atoms with Crippen molar-refractivity contribution in [3.05, 3.63) is 45.9 Å². The van der Waals surface area contributed by atoms with E-state index in [1.807, 2.05) is 15.5 Å². The van der Waals surface area contributed by atoms with Gasteiger partial charge < -0.3 is 18.9 Å². The van der Waals surface area contributed by atoms with E-state index in [0.717, 1.165) is 25.2 Å². The van der Waals surface area contributed by atoms with E-state index in [1.54, 1.807) is 31.4 Å². The SMILES string of the molecule is COC(=O)c1ccc(OC)c2nc3n(c12)CCCN3c1ccc(Cl)cc1Cl. The lowest BCUT2D eigenvalue weighted by atomic mass is 10.1. The predicted octanol–water partition coefficient (Wildman–Crippen LogP) is 4.68. The monoisotopic (exact) mass is 405 g/mol. The average Bonchev–Trinajstić information content (AvgIpc) is 3.07. The Bertz CT molecular complexity index is 1050. The summed E-state index contributed by atoms with van der Waals surface area (Å²) in [7, 11) is 2.95. The molecule has 0 saturated heterocycles. The maximum Gasteiger partial charge on any atom is 0.340 e. The van der Waals surface area contributed by atoms with Crippen LogP contribution in [-0.2, 0) is 11.3 Å². The number of rotatable bonds is 3. The van der Waals surface area contributed by atoms with Crippen LogP contribution in [0.4, 0.5) is 11.6 Å². The third-order valence-corrected chi connectivity index (χ3v) is 5.21. The number of esters is 1. The Kier molecular flexibility index (Phi) is 4.61. The lowest BCUT2D eigenvalue weighted by Gasteiger charge is -2.30. The third kappa shape index (κ3) is 2.89. The highest BCUT2D eigenvalue weighted by molar-refractivity contribution is 6.36. The lowest BCUT2D eigenvalue weighted by molar-refractivity contribution is 0.0602. The zero-order chi connectivity index (χ0) is 19.1. The average molecular weight is 406 g/mol. The van der Waals surface area contributed by atoms with E-state index in [2.05, 4.69) is 0 Å². The maximum atomic E-state index is 12.3. The molecule has 0 amide bonds. The summed E-state index contributed by atoms with van der Waals surface area (Å²) in [5.41, 5.74) is 2.59. The van der Waals surface area contributed by atoms with Crippen molar-refractivity contribution in [2.45, 2.75) is 13.0 Å². The van der Waals surface area contributed by atoms with Gasteiger partial charge >= 0.3 is 5.97 Å². The minimum Gasteiger partial charge on any atom is -0.494 e. The molecule has 27 heavy (non-hydrogen) atoms. The molecule has 8 heteroatoms. The second-order valence-electron chi connectivity index (χ2n) is 6.17. The number of benzene rings is 2. The molecule has 0 radical (unpaired) electrons. The van der Waals surface area contributed by atoms with Crippen molar-refractivity contribution >= 4 is 51.8 Å². The van der Waals surface area contributed by atoms with Gasteiger partial charge in [-0.1, -0.05) is 23.2 Å². The van der Waals surface area contributed by atoms with Crippen molar-refractivity contribution in [1.29, 1.82) is 0 Å². The summed E-state index contributed by atoms with van der Waals surface area (Å²) < 4.78 is 12.4. The largest absolute Gasteiger partial charge is 0.494 e.